The summed E-state index contributed by atoms with van der Waals surface area (Å²) in [5.41, 5.74) is 5.16. The quantitative estimate of drug-likeness (QED) is 0.887. The fourth-order valence-corrected chi connectivity index (χ4v) is 4.43. The molecule has 0 atom stereocenters. The van der Waals surface area contributed by atoms with Crippen molar-refractivity contribution in [3.05, 3.63) is 50.7 Å². The van der Waals surface area contributed by atoms with Crippen molar-refractivity contribution in [2.75, 3.05) is 5.32 Å². The molecule has 1 aromatic carbocycles. The predicted molar refractivity (Wildman–Crippen MR) is 82.8 cm³/mol. The molecule has 0 saturated carbocycles. The van der Waals surface area contributed by atoms with E-state index in [1.54, 1.807) is 11.3 Å². The topological polar surface area (TPSA) is 29.1 Å². The number of aryl methyl sites for hydroxylation is 4. The van der Waals surface area contributed by atoms with Crippen LogP contribution in [0.25, 0.3) is 0 Å². The molecule has 1 aromatic heterocycles. The highest BCUT2D eigenvalue weighted by atomic mass is 32.1. The molecule has 1 N–H and O–H groups in total. The lowest BCUT2D eigenvalue weighted by atomic mass is 10.1. The number of amides is 1. The molecule has 0 unspecified atom stereocenters. The smallest absolute Gasteiger partial charge is 0.265 e. The van der Waals surface area contributed by atoms with Crippen molar-refractivity contribution in [2.45, 2.75) is 38.5 Å². The van der Waals surface area contributed by atoms with Crippen LogP contribution in [-0.4, -0.2) is 5.91 Å². The summed E-state index contributed by atoms with van der Waals surface area (Å²) in [5.74, 6) is 0.0438. The minimum atomic E-state index is 0.0438. The fraction of sp³-hybridized carbons (Fsp3) is 0.353. The molecule has 2 aliphatic carbocycles. The summed E-state index contributed by atoms with van der Waals surface area (Å²) in [5, 5.41) is 3.05. The first kappa shape index (κ1) is 12.2. The zero-order valence-electron chi connectivity index (χ0n) is 11.4. The number of carbonyl (C=O) groups is 1. The van der Waals surface area contributed by atoms with E-state index in [9.17, 15) is 4.79 Å². The monoisotopic (exact) mass is 283 g/mol. The summed E-state index contributed by atoms with van der Waals surface area (Å²) in [7, 11) is 0. The Balaban J connectivity index is 1.54. The van der Waals surface area contributed by atoms with E-state index in [0.717, 1.165) is 29.8 Å². The molecule has 0 bridgehead atoms. The molecule has 3 heteroatoms. The third-order valence-electron chi connectivity index (χ3n) is 4.33. The summed E-state index contributed by atoms with van der Waals surface area (Å²) in [6.45, 7) is 0. The van der Waals surface area contributed by atoms with Crippen molar-refractivity contribution in [3.63, 3.8) is 0 Å². The molecule has 1 amide bonds. The Labute approximate surface area is 122 Å². The Kier molecular flexibility index (Phi) is 2.88. The second kappa shape index (κ2) is 4.74. The van der Waals surface area contributed by atoms with Crippen LogP contribution in [0.5, 0.6) is 0 Å². The first-order valence-electron chi connectivity index (χ1n) is 7.34. The first-order valence-corrected chi connectivity index (χ1v) is 8.16. The van der Waals surface area contributed by atoms with Crippen LogP contribution in [0.1, 0.15) is 44.1 Å². The Morgan fingerprint density at radius 3 is 2.65 bits per heavy atom. The fourth-order valence-electron chi connectivity index (χ4n) is 3.28. The van der Waals surface area contributed by atoms with Gasteiger partial charge in [0.1, 0.15) is 0 Å². The van der Waals surface area contributed by atoms with Crippen LogP contribution >= 0.6 is 11.3 Å². The number of benzene rings is 1. The van der Waals surface area contributed by atoms with E-state index < -0.39 is 0 Å². The summed E-state index contributed by atoms with van der Waals surface area (Å²) in [4.78, 5) is 14.6. The van der Waals surface area contributed by atoms with E-state index in [1.807, 2.05) is 6.07 Å². The normalized spacial score (nSPS) is 16.0. The van der Waals surface area contributed by atoms with Gasteiger partial charge in [0, 0.05) is 10.6 Å². The third-order valence-corrected chi connectivity index (χ3v) is 5.56. The number of carbonyl (C=O) groups excluding carboxylic acids is 1. The molecule has 4 rings (SSSR count). The molecular formula is C17H17NOS. The minimum Gasteiger partial charge on any atom is -0.321 e. The largest absolute Gasteiger partial charge is 0.321 e. The standard InChI is InChI=1S/C17H17NOS/c19-17(16-10-13-5-2-6-15(13)20-16)18-14-8-7-11-3-1-4-12(11)9-14/h7-10H,1-6H2,(H,18,19). The van der Waals surface area contributed by atoms with E-state index in [1.165, 1.54) is 40.8 Å². The van der Waals surface area contributed by atoms with Crippen LogP contribution in [0.2, 0.25) is 0 Å². The Morgan fingerprint density at radius 1 is 0.950 bits per heavy atom. The number of anilines is 1. The highest BCUT2D eigenvalue weighted by Gasteiger charge is 2.19. The van der Waals surface area contributed by atoms with Gasteiger partial charge in [-0.25, -0.2) is 0 Å². The lowest BCUT2D eigenvalue weighted by Crippen LogP contribution is -2.10. The summed E-state index contributed by atoms with van der Waals surface area (Å²) in [6.07, 6.45) is 7.09. The van der Waals surface area contributed by atoms with Crippen molar-refractivity contribution in [3.8, 4) is 0 Å². The number of rotatable bonds is 2. The molecule has 20 heavy (non-hydrogen) atoms. The second-order valence-electron chi connectivity index (χ2n) is 5.70. The molecule has 0 spiro atoms. The molecule has 102 valence electrons. The van der Waals surface area contributed by atoms with Gasteiger partial charge in [-0.1, -0.05) is 6.07 Å². The average molecular weight is 283 g/mol. The van der Waals surface area contributed by atoms with Crippen LogP contribution in [-0.2, 0) is 25.7 Å². The number of fused-ring (bicyclic) bond motifs is 2. The van der Waals surface area contributed by atoms with Gasteiger partial charge in [0.2, 0.25) is 0 Å². The second-order valence-corrected chi connectivity index (χ2v) is 6.84. The maximum Gasteiger partial charge on any atom is 0.265 e. The molecular weight excluding hydrogens is 266 g/mol. The number of thiophene rings is 1. The maximum atomic E-state index is 12.3. The first-order chi connectivity index (χ1) is 9.79. The SMILES string of the molecule is O=C(Nc1ccc2c(c1)CCC2)c1cc2c(s1)CCC2. The van der Waals surface area contributed by atoms with Gasteiger partial charge in [-0.15, -0.1) is 11.3 Å². The predicted octanol–water partition coefficient (Wildman–Crippen LogP) is 3.98. The van der Waals surface area contributed by atoms with Crippen molar-refractivity contribution in [1.29, 1.82) is 0 Å². The van der Waals surface area contributed by atoms with Crippen LogP contribution < -0.4 is 5.32 Å². The lowest BCUT2D eigenvalue weighted by Gasteiger charge is -2.06. The number of hydrogen-bond donors (Lipinski definition) is 1. The van der Waals surface area contributed by atoms with E-state index in [4.69, 9.17) is 0 Å². The lowest BCUT2D eigenvalue weighted by molar-refractivity contribution is 0.103. The van der Waals surface area contributed by atoms with E-state index in [0.29, 0.717) is 0 Å². The van der Waals surface area contributed by atoms with Crippen molar-refractivity contribution < 1.29 is 4.79 Å². The van der Waals surface area contributed by atoms with Gasteiger partial charge >= 0.3 is 0 Å². The van der Waals surface area contributed by atoms with Gasteiger partial charge in [-0.2, -0.15) is 0 Å². The van der Waals surface area contributed by atoms with Gasteiger partial charge < -0.3 is 5.32 Å². The molecule has 0 aliphatic heterocycles. The third kappa shape index (κ3) is 2.06. The molecule has 0 saturated heterocycles. The maximum absolute atomic E-state index is 12.3. The van der Waals surface area contributed by atoms with Crippen LogP contribution in [0, 0.1) is 0 Å². The van der Waals surface area contributed by atoms with Gasteiger partial charge in [0.25, 0.3) is 5.91 Å². The minimum absolute atomic E-state index is 0.0438. The Morgan fingerprint density at radius 2 is 1.75 bits per heavy atom. The van der Waals surface area contributed by atoms with Gasteiger partial charge in [-0.3, -0.25) is 4.79 Å². The summed E-state index contributed by atoms with van der Waals surface area (Å²) in [6, 6.07) is 8.41. The zero-order chi connectivity index (χ0) is 13.5. The molecule has 0 fully saturated rings. The Hall–Kier alpha value is -1.61. The molecule has 1 heterocycles. The summed E-state index contributed by atoms with van der Waals surface area (Å²) >= 11 is 1.66. The van der Waals surface area contributed by atoms with E-state index in [-0.39, 0.29) is 5.91 Å². The highest BCUT2D eigenvalue weighted by molar-refractivity contribution is 7.14. The van der Waals surface area contributed by atoms with Gasteiger partial charge in [-0.05, 0) is 73.4 Å². The molecule has 2 aromatic rings. The van der Waals surface area contributed by atoms with Crippen molar-refractivity contribution in [1.82, 2.24) is 0 Å². The molecule has 2 aliphatic rings. The van der Waals surface area contributed by atoms with Crippen molar-refractivity contribution in [2.24, 2.45) is 0 Å². The van der Waals surface area contributed by atoms with Crippen LogP contribution in [0.4, 0.5) is 5.69 Å². The van der Waals surface area contributed by atoms with Crippen LogP contribution in [0.15, 0.2) is 24.3 Å². The van der Waals surface area contributed by atoms with Gasteiger partial charge in [0.05, 0.1) is 4.88 Å². The number of nitrogens with one attached hydrogen (secondary N) is 1. The van der Waals surface area contributed by atoms with Gasteiger partial charge in [0.15, 0.2) is 0 Å². The van der Waals surface area contributed by atoms with E-state index >= 15 is 0 Å². The summed E-state index contributed by atoms with van der Waals surface area (Å²) < 4.78 is 0. The van der Waals surface area contributed by atoms with Crippen molar-refractivity contribution >= 4 is 22.9 Å². The Bertz CT molecular complexity index is 665. The van der Waals surface area contributed by atoms with E-state index in [2.05, 4.69) is 23.5 Å². The van der Waals surface area contributed by atoms with Crippen LogP contribution in [0.3, 0.4) is 0 Å². The molecule has 0 radical (unpaired) electrons. The molecule has 2 nitrogen and oxygen atoms in total. The highest BCUT2D eigenvalue weighted by Crippen LogP contribution is 2.31. The number of hydrogen-bond acceptors (Lipinski definition) is 2. The average Bonchev–Trinajstić information content (AvgIpc) is 3.12. The zero-order valence-corrected chi connectivity index (χ0v) is 12.2.